The maximum atomic E-state index is 12.6. The fourth-order valence-electron chi connectivity index (χ4n) is 2.89. The number of amides is 1. The summed E-state index contributed by atoms with van der Waals surface area (Å²) in [7, 11) is 0. The van der Waals surface area contributed by atoms with Gasteiger partial charge in [0.05, 0.1) is 10.8 Å². The number of carbonyl (C=O) groups excluding carboxylic acids is 1. The maximum absolute atomic E-state index is 12.6. The highest BCUT2D eigenvalue weighted by molar-refractivity contribution is 6.59. The van der Waals surface area contributed by atoms with Crippen molar-refractivity contribution in [3.63, 3.8) is 0 Å². The lowest BCUT2D eigenvalue weighted by Gasteiger charge is -2.36. The lowest BCUT2D eigenvalue weighted by molar-refractivity contribution is -0.128. The van der Waals surface area contributed by atoms with Crippen LogP contribution in [0.3, 0.4) is 0 Å². The van der Waals surface area contributed by atoms with Gasteiger partial charge in [0.2, 0.25) is 4.33 Å². The molecule has 2 nitrogen and oxygen atoms in total. The van der Waals surface area contributed by atoms with Crippen molar-refractivity contribution in [2.75, 3.05) is 6.54 Å². The SMILES string of the molecule is O=C1N(Cc2ccccc2)CC2(C=CC=C[C@@H]2Cl)C1(Cl)Cl. The summed E-state index contributed by atoms with van der Waals surface area (Å²) in [6.45, 7) is 0.881. The molecule has 0 saturated carbocycles. The summed E-state index contributed by atoms with van der Waals surface area (Å²) in [5.41, 5.74) is 0.242. The maximum Gasteiger partial charge on any atom is 0.260 e. The molecule has 1 aliphatic carbocycles. The quantitative estimate of drug-likeness (QED) is 0.746. The Morgan fingerprint density at radius 1 is 1.19 bits per heavy atom. The van der Waals surface area contributed by atoms with Gasteiger partial charge in [-0.3, -0.25) is 4.79 Å². The second kappa shape index (κ2) is 5.35. The molecule has 2 atom stereocenters. The number of hydrogen-bond acceptors (Lipinski definition) is 1. The van der Waals surface area contributed by atoms with Crippen molar-refractivity contribution >= 4 is 40.7 Å². The molecule has 110 valence electrons. The van der Waals surface area contributed by atoms with E-state index >= 15 is 0 Å². The van der Waals surface area contributed by atoms with Crippen molar-refractivity contribution < 1.29 is 4.79 Å². The fourth-order valence-corrected chi connectivity index (χ4v) is 4.11. The molecule has 0 aromatic heterocycles. The van der Waals surface area contributed by atoms with Crippen LogP contribution in [0, 0.1) is 5.41 Å². The van der Waals surface area contributed by atoms with Gasteiger partial charge in [0.1, 0.15) is 0 Å². The fraction of sp³-hybridized carbons (Fsp3) is 0.312. The normalized spacial score (nSPS) is 30.3. The van der Waals surface area contributed by atoms with Crippen LogP contribution >= 0.6 is 34.8 Å². The minimum Gasteiger partial charge on any atom is -0.335 e. The highest BCUT2D eigenvalue weighted by Crippen LogP contribution is 2.54. The highest BCUT2D eigenvalue weighted by Gasteiger charge is 2.64. The first-order valence-electron chi connectivity index (χ1n) is 6.68. The Bertz CT molecular complexity index is 611. The molecule has 0 N–H and O–H groups in total. The first kappa shape index (κ1) is 15.0. The van der Waals surface area contributed by atoms with E-state index < -0.39 is 15.1 Å². The molecule has 1 amide bonds. The molecule has 2 aliphatic rings. The van der Waals surface area contributed by atoms with Gasteiger partial charge in [0.25, 0.3) is 5.91 Å². The molecule has 1 spiro atoms. The number of rotatable bonds is 2. The molecule has 21 heavy (non-hydrogen) atoms. The van der Waals surface area contributed by atoms with E-state index in [-0.39, 0.29) is 5.91 Å². The summed E-state index contributed by atoms with van der Waals surface area (Å²) in [5, 5.41) is -0.415. The largest absolute Gasteiger partial charge is 0.335 e. The van der Waals surface area contributed by atoms with E-state index in [1.807, 2.05) is 54.6 Å². The number of benzene rings is 1. The van der Waals surface area contributed by atoms with Gasteiger partial charge in [0.15, 0.2) is 0 Å². The average molecular weight is 343 g/mol. The number of hydrogen-bond donors (Lipinski definition) is 0. The van der Waals surface area contributed by atoms with Crippen LogP contribution in [0.2, 0.25) is 0 Å². The Morgan fingerprint density at radius 3 is 2.57 bits per heavy atom. The molecule has 5 heteroatoms. The standard InChI is InChI=1S/C16H14Cl3NO/c17-13-8-4-5-9-15(13)11-20(14(21)16(15,18)19)10-12-6-2-1-3-7-12/h1-9,13H,10-11H2/t13-,15?/m0/s1. The number of alkyl halides is 3. The molecule has 3 rings (SSSR count). The third-order valence-electron chi connectivity index (χ3n) is 4.09. The van der Waals surface area contributed by atoms with Gasteiger partial charge in [-0.05, 0) is 5.56 Å². The summed E-state index contributed by atoms with van der Waals surface area (Å²) < 4.78 is -1.55. The van der Waals surface area contributed by atoms with Crippen molar-refractivity contribution in [1.29, 1.82) is 0 Å². The van der Waals surface area contributed by atoms with Gasteiger partial charge < -0.3 is 4.90 Å². The minimum absolute atomic E-state index is 0.291. The van der Waals surface area contributed by atoms with Crippen LogP contribution in [0.5, 0.6) is 0 Å². The zero-order valence-electron chi connectivity index (χ0n) is 11.2. The van der Waals surface area contributed by atoms with Crippen LogP contribution in [-0.2, 0) is 11.3 Å². The molecule has 0 bridgehead atoms. The van der Waals surface area contributed by atoms with E-state index in [9.17, 15) is 4.79 Å². The first-order chi connectivity index (χ1) is 9.97. The van der Waals surface area contributed by atoms with E-state index in [2.05, 4.69) is 0 Å². The molecular formula is C16H14Cl3NO. The van der Waals surface area contributed by atoms with Gasteiger partial charge >= 0.3 is 0 Å². The third-order valence-corrected chi connectivity index (χ3v) is 5.65. The molecular weight excluding hydrogens is 329 g/mol. The third kappa shape index (κ3) is 2.30. The van der Waals surface area contributed by atoms with E-state index in [4.69, 9.17) is 34.8 Å². The summed E-state index contributed by atoms with van der Waals surface area (Å²) in [5.74, 6) is -0.291. The van der Waals surface area contributed by atoms with E-state index in [1.165, 1.54) is 0 Å². The summed E-state index contributed by atoms with van der Waals surface area (Å²) in [4.78, 5) is 14.3. The molecule has 1 saturated heterocycles. The van der Waals surface area contributed by atoms with E-state index in [0.717, 1.165) is 5.56 Å². The monoisotopic (exact) mass is 341 g/mol. The minimum atomic E-state index is -1.55. The average Bonchev–Trinajstić information content (AvgIpc) is 2.65. The van der Waals surface area contributed by atoms with Crippen molar-refractivity contribution in [1.82, 2.24) is 4.90 Å². The number of allylic oxidation sites excluding steroid dienone is 3. The van der Waals surface area contributed by atoms with Crippen LogP contribution in [0.4, 0.5) is 0 Å². The Balaban J connectivity index is 1.91. The molecule has 1 heterocycles. The number of halogens is 3. The highest BCUT2D eigenvalue weighted by atomic mass is 35.5. The van der Waals surface area contributed by atoms with Gasteiger partial charge in [-0.15, -0.1) is 11.6 Å². The summed E-state index contributed by atoms with van der Waals surface area (Å²) in [6.07, 6.45) is 7.36. The molecule has 0 radical (unpaired) electrons. The molecule has 1 fully saturated rings. The zero-order valence-corrected chi connectivity index (χ0v) is 13.4. The lowest BCUT2D eigenvalue weighted by atomic mass is 9.79. The van der Waals surface area contributed by atoms with E-state index in [0.29, 0.717) is 13.1 Å². The van der Waals surface area contributed by atoms with Crippen LogP contribution in [-0.4, -0.2) is 27.1 Å². The van der Waals surface area contributed by atoms with Gasteiger partial charge in [-0.2, -0.15) is 0 Å². The predicted octanol–water partition coefficient (Wildman–Crippen LogP) is 3.92. The summed E-state index contributed by atoms with van der Waals surface area (Å²) >= 11 is 19.2. The number of nitrogens with zero attached hydrogens (tertiary/aromatic N) is 1. The molecule has 1 unspecified atom stereocenters. The van der Waals surface area contributed by atoms with Crippen molar-refractivity contribution in [2.24, 2.45) is 5.41 Å². The smallest absolute Gasteiger partial charge is 0.260 e. The van der Waals surface area contributed by atoms with E-state index in [1.54, 1.807) is 4.90 Å². The first-order valence-corrected chi connectivity index (χ1v) is 7.88. The Labute approximate surface area is 139 Å². The van der Waals surface area contributed by atoms with Crippen LogP contribution < -0.4 is 0 Å². The van der Waals surface area contributed by atoms with Crippen molar-refractivity contribution in [3.8, 4) is 0 Å². The Hall–Kier alpha value is -0.960. The van der Waals surface area contributed by atoms with Gasteiger partial charge in [0, 0.05) is 13.1 Å². The summed E-state index contributed by atoms with van der Waals surface area (Å²) in [6, 6.07) is 9.75. The Kier molecular flexibility index (Phi) is 3.81. The molecule has 1 aromatic rings. The van der Waals surface area contributed by atoms with Crippen molar-refractivity contribution in [2.45, 2.75) is 16.3 Å². The number of carbonyl (C=O) groups is 1. The van der Waals surface area contributed by atoms with Crippen LogP contribution in [0.15, 0.2) is 54.6 Å². The van der Waals surface area contributed by atoms with Crippen LogP contribution in [0.1, 0.15) is 5.56 Å². The second-order valence-corrected chi connectivity index (χ2v) is 7.20. The predicted molar refractivity (Wildman–Crippen MR) is 86.7 cm³/mol. The second-order valence-electron chi connectivity index (χ2n) is 5.41. The lowest BCUT2D eigenvalue weighted by Crippen LogP contribution is -2.45. The van der Waals surface area contributed by atoms with Gasteiger partial charge in [-0.1, -0.05) is 77.8 Å². The molecule has 1 aromatic carbocycles. The topological polar surface area (TPSA) is 20.3 Å². The Morgan fingerprint density at radius 2 is 1.90 bits per heavy atom. The van der Waals surface area contributed by atoms with Crippen molar-refractivity contribution in [3.05, 3.63) is 60.2 Å². The molecule has 1 aliphatic heterocycles. The zero-order chi connectivity index (χ0) is 15.1. The van der Waals surface area contributed by atoms with Crippen LogP contribution in [0.25, 0.3) is 0 Å². The van der Waals surface area contributed by atoms with Gasteiger partial charge in [-0.25, -0.2) is 0 Å². The number of likely N-dealkylation sites (tertiary alicyclic amines) is 1.